The average molecular weight is 218 g/mol. The maximum absolute atomic E-state index is 9.10. The van der Waals surface area contributed by atoms with E-state index in [-0.39, 0.29) is 11.8 Å². The Kier molecular flexibility index (Phi) is 2.57. The van der Waals surface area contributed by atoms with Crippen molar-refractivity contribution in [1.29, 1.82) is 5.26 Å². The zero-order valence-electron chi connectivity index (χ0n) is 8.23. The molecule has 1 aromatic heterocycles. The lowest BCUT2D eigenvalue weighted by molar-refractivity contribution is 0.464. The van der Waals surface area contributed by atoms with E-state index in [0.29, 0.717) is 4.99 Å². The number of nitrogens with one attached hydrogen (secondary N) is 1. The fourth-order valence-corrected chi connectivity index (χ4v) is 2.02. The van der Waals surface area contributed by atoms with Gasteiger partial charge < -0.3 is 9.73 Å². The summed E-state index contributed by atoms with van der Waals surface area (Å²) in [4.78, 5) is 0.560. The van der Waals surface area contributed by atoms with Crippen molar-refractivity contribution in [3.8, 4) is 6.07 Å². The summed E-state index contributed by atoms with van der Waals surface area (Å²) in [6.45, 7) is 1.96. The molecule has 0 fully saturated rings. The van der Waals surface area contributed by atoms with Gasteiger partial charge in [-0.3, -0.25) is 0 Å². The van der Waals surface area contributed by atoms with Crippen molar-refractivity contribution in [2.24, 2.45) is 5.92 Å². The fraction of sp³-hybridized carbons (Fsp3) is 0.273. The zero-order valence-corrected chi connectivity index (χ0v) is 9.04. The molecule has 2 rings (SSSR count). The van der Waals surface area contributed by atoms with Crippen molar-refractivity contribution in [3.63, 3.8) is 0 Å². The number of hydrogen-bond donors (Lipinski definition) is 1. The second-order valence-electron chi connectivity index (χ2n) is 3.50. The Balaban J connectivity index is 2.43. The predicted molar refractivity (Wildman–Crippen MR) is 60.0 cm³/mol. The molecule has 0 radical (unpaired) electrons. The standard InChI is InChI=1S/C11H10N2OS/c1-7-6-13-11(15)8(5-12)10(7)9-3-2-4-14-9/h2-4,6,8,10H,1H3,(H,13,15)/t8-,10-/m1/s1. The first-order valence-electron chi connectivity index (χ1n) is 4.64. The van der Waals surface area contributed by atoms with Crippen LogP contribution in [0.15, 0.2) is 34.6 Å². The Morgan fingerprint density at radius 2 is 2.40 bits per heavy atom. The second-order valence-corrected chi connectivity index (χ2v) is 3.94. The largest absolute Gasteiger partial charge is 0.469 e. The highest BCUT2D eigenvalue weighted by atomic mass is 32.1. The minimum Gasteiger partial charge on any atom is -0.469 e. The summed E-state index contributed by atoms with van der Waals surface area (Å²) in [5, 5.41) is 12.0. The van der Waals surface area contributed by atoms with Crippen molar-refractivity contribution >= 4 is 17.2 Å². The molecule has 0 aliphatic carbocycles. The molecule has 0 bridgehead atoms. The van der Waals surface area contributed by atoms with Crippen LogP contribution in [0.1, 0.15) is 18.6 Å². The number of nitriles is 1. The SMILES string of the molecule is CC1=CNC(=S)[C@H](C#N)[C@@H]1c1ccco1. The summed E-state index contributed by atoms with van der Waals surface area (Å²) in [5.41, 5.74) is 1.06. The maximum atomic E-state index is 9.10. The third kappa shape index (κ3) is 1.66. The van der Waals surface area contributed by atoms with Crippen LogP contribution >= 0.6 is 12.2 Å². The van der Waals surface area contributed by atoms with Gasteiger partial charge in [-0.15, -0.1) is 0 Å². The molecule has 0 unspecified atom stereocenters. The minimum absolute atomic E-state index is 0.0567. The first-order chi connectivity index (χ1) is 7.24. The monoisotopic (exact) mass is 218 g/mol. The quantitative estimate of drug-likeness (QED) is 0.735. The molecule has 0 saturated carbocycles. The van der Waals surface area contributed by atoms with E-state index in [1.54, 1.807) is 6.26 Å². The van der Waals surface area contributed by atoms with Crippen LogP contribution < -0.4 is 5.32 Å². The van der Waals surface area contributed by atoms with Crippen LogP contribution in [-0.4, -0.2) is 4.99 Å². The molecule has 1 N–H and O–H groups in total. The molecule has 1 aliphatic heterocycles. The molecule has 2 atom stereocenters. The molecule has 2 heterocycles. The molecule has 1 aliphatic rings. The Labute approximate surface area is 93.4 Å². The van der Waals surface area contributed by atoms with Gasteiger partial charge in [0.1, 0.15) is 11.7 Å². The van der Waals surface area contributed by atoms with E-state index in [2.05, 4.69) is 11.4 Å². The fourth-order valence-electron chi connectivity index (χ4n) is 1.77. The number of allylic oxidation sites excluding steroid dienone is 1. The molecule has 4 heteroatoms. The van der Waals surface area contributed by atoms with Gasteiger partial charge >= 0.3 is 0 Å². The van der Waals surface area contributed by atoms with E-state index in [9.17, 15) is 0 Å². The first-order valence-corrected chi connectivity index (χ1v) is 5.05. The summed E-state index contributed by atoms with van der Waals surface area (Å²) in [6, 6.07) is 5.91. The number of rotatable bonds is 1. The molecule has 76 valence electrons. The highest BCUT2D eigenvalue weighted by molar-refractivity contribution is 7.80. The van der Waals surface area contributed by atoms with Crippen molar-refractivity contribution in [2.45, 2.75) is 12.8 Å². The Hall–Kier alpha value is -1.60. The van der Waals surface area contributed by atoms with E-state index >= 15 is 0 Å². The molecule has 1 aromatic rings. The summed E-state index contributed by atoms with van der Waals surface area (Å²) in [7, 11) is 0. The van der Waals surface area contributed by atoms with Crippen molar-refractivity contribution in [1.82, 2.24) is 5.32 Å². The van der Waals surface area contributed by atoms with Crippen molar-refractivity contribution in [3.05, 3.63) is 35.9 Å². The highest BCUT2D eigenvalue weighted by Gasteiger charge is 2.32. The van der Waals surface area contributed by atoms with Crippen molar-refractivity contribution < 1.29 is 4.42 Å². The Morgan fingerprint density at radius 1 is 1.60 bits per heavy atom. The van der Waals surface area contributed by atoms with Gasteiger partial charge in [0.2, 0.25) is 0 Å². The molecule has 15 heavy (non-hydrogen) atoms. The van der Waals surface area contributed by atoms with Crippen LogP contribution in [0.4, 0.5) is 0 Å². The van der Waals surface area contributed by atoms with Gasteiger partial charge in [0.15, 0.2) is 0 Å². The van der Waals surface area contributed by atoms with Crippen molar-refractivity contribution in [2.75, 3.05) is 0 Å². The number of furan rings is 1. The van der Waals surface area contributed by atoms with Crippen LogP contribution in [-0.2, 0) is 0 Å². The van der Waals surface area contributed by atoms with Gasteiger partial charge in [-0.25, -0.2) is 0 Å². The summed E-state index contributed by atoms with van der Waals surface area (Å²) in [5.74, 6) is 0.397. The van der Waals surface area contributed by atoms with Gasteiger partial charge in [0, 0.05) is 6.20 Å². The molecule has 0 saturated heterocycles. The summed E-state index contributed by atoms with van der Waals surface area (Å²) < 4.78 is 5.34. The van der Waals surface area contributed by atoms with Crippen LogP contribution in [0.2, 0.25) is 0 Å². The molecule has 0 aromatic carbocycles. The zero-order chi connectivity index (χ0) is 10.8. The van der Waals surface area contributed by atoms with E-state index in [1.807, 2.05) is 25.3 Å². The second kappa shape index (κ2) is 3.87. The maximum Gasteiger partial charge on any atom is 0.112 e. The lowest BCUT2D eigenvalue weighted by atomic mass is 9.83. The lowest BCUT2D eigenvalue weighted by Gasteiger charge is -2.26. The summed E-state index contributed by atoms with van der Waals surface area (Å²) >= 11 is 5.11. The number of thiocarbonyl (C=S) groups is 1. The van der Waals surface area contributed by atoms with Gasteiger partial charge in [-0.05, 0) is 24.6 Å². The van der Waals surface area contributed by atoms with Crippen LogP contribution in [0.3, 0.4) is 0 Å². The molecule has 0 amide bonds. The number of hydrogen-bond acceptors (Lipinski definition) is 3. The van der Waals surface area contributed by atoms with E-state index in [4.69, 9.17) is 21.9 Å². The van der Waals surface area contributed by atoms with Crippen LogP contribution in [0, 0.1) is 17.2 Å². The molecular weight excluding hydrogens is 208 g/mol. The smallest absolute Gasteiger partial charge is 0.112 e. The van der Waals surface area contributed by atoms with E-state index in [0.717, 1.165) is 11.3 Å². The predicted octanol–water partition coefficient (Wildman–Crippen LogP) is 2.34. The minimum atomic E-state index is -0.337. The van der Waals surface area contributed by atoms with Gasteiger partial charge in [0.25, 0.3) is 0 Å². The van der Waals surface area contributed by atoms with E-state index in [1.165, 1.54) is 0 Å². The summed E-state index contributed by atoms with van der Waals surface area (Å²) in [6.07, 6.45) is 3.45. The average Bonchev–Trinajstić information content (AvgIpc) is 2.74. The van der Waals surface area contributed by atoms with Crippen LogP contribution in [0.25, 0.3) is 0 Å². The van der Waals surface area contributed by atoms with Gasteiger partial charge in [-0.2, -0.15) is 5.26 Å². The van der Waals surface area contributed by atoms with Gasteiger partial charge in [-0.1, -0.05) is 12.2 Å². The third-order valence-electron chi connectivity index (χ3n) is 2.54. The topological polar surface area (TPSA) is 49.0 Å². The third-order valence-corrected chi connectivity index (χ3v) is 2.91. The normalized spacial score (nSPS) is 25.3. The molecule has 0 spiro atoms. The van der Waals surface area contributed by atoms with Crippen LogP contribution in [0.5, 0.6) is 0 Å². The lowest BCUT2D eigenvalue weighted by Crippen LogP contribution is -2.33. The molecule has 3 nitrogen and oxygen atoms in total. The first kappa shape index (κ1) is 9.94. The van der Waals surface area contributed by atoms with E-state index < -0.39 is 0 Å². The Bertz CT molecular complexity index is 442. The Morgan fingerprint density at radius 3 is 3.00 bits per heavy atom. The number of nitrogens with zero attached hydrogens (tertiary/aromatic N) is 1. The van der Waals surface area contributed by atoms with Gasteiger partial charge in [0.05, 0.1) is 23.2 Å². The molecular formula is C11H10N2OS. The highest BCUT2D eigenvalue weighted by Crippen LogP contribution is 2.34.